The highest BCUT2D eigenvalue weighted by Crippen LogP contribution is 2.34. The molecule has 0 aromatic heterocycles. The van der Waals surface area contributed by atoms with Gasteiger partial charge in [-0.3, -0.25) is 14.8 Å². The number of anilines is 1. The van der Waals surface area contributed by atoms with Crippen LogP contribution in [0.2, 0.25) is 0 Å². The maximum Gasteiger partial charge on any atom is 0.247 e. The van der Waals surface area contributed by atoms with Crippen molar-refractivity contribution in [3.05, 3.63) is 66.2 Å². The van der Waals surface area contributed by atoms with Crippen LogP contribution in [0.15, 0.2) is 60.7 Å². The topological polar surface area (TPSA) is 82.1 Å². The first-order valence-electron chi connectivity index (χ1n) is 11.3. The summed E-state index contributed by atoms with van der Waals surface area (Å²) in [6.45, 7) is 3.26. The van der Waals surface area contributed by atoms with Gasteiger partial charge in [0, 0.05) is 37.8 Å². The van der Waals surface area contributed by atoms with Gasteiger partial charge in [-0.05, 0) is 37.0 Å². The molecule has 0 bridgehead atoms. The summed E-state index contributed by atoms with van der Waals surface area (Å²) in [5.41, 5.74) is 4.01. The van der Waals surface area contributed by atoms with Crippen molar-refractivity contribution in [2.75, 3.05) is 31.1 Å². The van der Waals surface area contributed by atoms with Gasteiger partial charge in [0.25, 0.3) is 0 Å². The SMILES string of the molecule is O=C(NO)[C@H]1CC(OCc2ccccc2)CC[C@@H]1C(=O)N1CCN(c2ccccc2)CC1. The Morgan fingerprint density at radius 1 is 0.906 bits per heavy atom. The summed E-state index contributed by atoms with van der Waals surface area (Å²) < 4.78 is 6.04. The van der Waals surface area contributed by atoms with Gasteiger partial charge in [-0.15, -0.1) is 0 Å². The summed E-state index contributed by atoms with van der Waals surface area (Å²) in [6, 6.07) is 20.1. The number of hydrogen-bond acceptors (Lipinski definition) is 5. The number of amides is 2. The highest BCUT2D eigenvalue weighted by atomic mass is 16.5. The number of carbonyl (C=O) groups excluding carboxylic acids is 2. The number of rotatable bonds is 6. The van der Waals surface area contributed by atoms with Crippen molar-refractivity contribution in [3.63, 3.8) is 0 Å². The van der Waals surface area contributed by atoms with Gasteiger partial charge in [0.2, 0.25) is 11.8 Å². The third-order valence-corrected chi connectivity index (χ3v) is 6.61. The number of benzene rings is 2. The molecule has 1 aliphatic heterocycles. The van der Waals surface area contributed by atoms with Crippen molar-refractivity contribution < 1.29 is 19.5 Å². The summed E-state index contributed by atoms with van der Waals surface area (Å²) in [5, 5.41) is 9.28. The van der Waals surface area contributed by atoms with Crippen molar-refractivity contribution in [2.45, 2.75) is 32.0 Å². The molecule has 2 aromatic carbocycles. The molecule has 3 atom stereocenters. The fourth-order valence-corrected chi connectivity index (χ4v) is 4.80. The van der Waals surface area contributed by atoms with E-state index in [1.165, 1.54) is 0 Å². The van der Waals surface area contributed by atoms with E-state index in [4.69, 9.17) is 4.74 Å². The second-order valence-electron chi connectivity index (χ2n) is 8.57. The normalized spacial score (nSPS) is 23.6. The van der Waals surface area contributed by atoms with Gasteiger partial charge in [0.1, 0.15) is 0 Å². The monoisotopic (exact) mass is 437 g/mol. The van der Waals surface area contributed by atoms with Crippen LogP contribution in [-0.2, 0) is 20.9 Å². The number of nitrogens with zero attached hydrogens (tertiary/aromatic N) is 2. The minimum atomic E-state index is -0.589. The van der Waals surface area contributed by atoms with E-state index in [9.17, 15) is 14.8 Å². The zero-order chi connectivity index (χ0) is 22.3. The second-order valence-corrected chi connectivity index (χ2v) is 8.57. The highest BCUT2D eigenvalue weighted by Gasteiger charge is 2.41. The maximum absolute atomic E-state index is 13.3. The van der Waals surface area contributed by atoms with Gasteiger partial charge in [-0.2, -0.15) is 0 Å². The van der Waals surface area contributed by atoms with Crippen molar-refractivity contribution >= 4 is 17.5 Å². The molecule has 2 fully saturated rings. The first kappa shape index (κ1) is 22.3. The largest absolute Gasteiger partial charge is 0.374 e. The molecular weight excluding hydrogens is 406 g/mol. The average Bonchev–Trinajstić information content (AvgIpc) is 2.87. The summed E-state index contributed by atoms with van der Waals surface area (Å²) in [4.78, 5) is 29.9. The Morgan fingerprint density at radius 3 is 2.22 bits per heavy atom. The predicted molar refractivity (Wildman–Crippen MR) is 121 cm³/mol. The molecule has 0 spiro atoms. The highest BCUT2D eigenvalue weighted by molar-refractivity contribution is 5.87. The zero-order valence-corrected chi connectivity index (χ0v) is 18.2. The van der Waals surface area contributed by atoms with Crippen molar-refractivity contribution in [1.82, 2.24) is 10.4 Å². The van der Waals surface area contributed by atoms with Gasteiger partial charge in [0.05, 0.1) is 18.6 Å². The van der Waals surface area contributed by atoms with Gasteiger partial charge < -0.3 is 14.5 Å². The number of para-hydroxylation sites is 1. The Hall–Kier alpha value is -2.90. The fraction of sp³-hybridized carbons (Fsp3) is 0.440. The molecule has 2 amide bonds. The van der Waals surface area contributed by atoms with E-state index in [-0.39, 0.29) is 12.0 Å². The van der Waals surface area contributed by atoms with E-state index in [1.807, 2.05) is 53.4 Å². The molecular formula is C25H31N3O4. The lowest BCUT2D eigenvalue weighted by atomic mass is 9.76. The Balaban J connectivity index is 1.34. The Bertz CT molecular complexity index is 885. The third-order valence-electron chi connectivity index (χ3n) is 6.61. The maximum atomic E-state index is 13.3. The van der Waals surface area contributed by atoms with E-state index in [0.717, 1.165) is 30.8 Å². The quantitative estimate of drug-likeness (QED) is 0.537. The van der Waals surface area contributed by atoms with Crippen molar-refractivity contribution in [2.24, 2.45) is 11.8 Å². The minimum absolute atomic E-state index is 0.00724. The van der Waals surface area contributed by atoms with Crippen LogP contribution < -0.4 is 10.4 Å². The summed E-state index contributed by atoms with van der Waals surface area (Å²) in [6.07, 6.45) is 1.62. The van der Waals surface area contributed by atoms with Crippen molar-refractivity contribution in [1.29, 1.82) is 0 Å². The lowest BCUT2D eigenvalue weighted by Crippen LogP contribution is -2.53. The van der Waals surface area contributed by atoms with Crippen LogP contribution in [-0.4, -0.2) is 54.2 Å². The van der Waals surface area contributed by atoms with Crippen LogP contribution in [0, 0.1) is 11.8 Å². The molecule has 1 saturated carbocycles. The lowest BCUT2D eigenvalue weighted by molar-refractivity contribution is -0.150. The third kappa shape index (κ3) is 5.29. The number of ether oxygens (including phenoxy) is 1. The van der Waals surface area contributed by atoms with Gasteiger partial charge >= 0.3 is 0 Å². The van der Waals surface area contributed by atoms with Crippen LogP contribution in [0.5, 0.6) is 0 Å². The molecule has 0 radical (unpaired) electrons. The molecule has 2 aromatic rings. The van der Waals surface area contributed by atoms with E-state index in [2.05, 4.69) is 17.0 Å². The Labute approximate surface area is 188 Å². The smallest absolute Gasteiger partial charge is 0.247 e. The standard InChI is InChI=1S/C25H31N3O4/c29-24(26-31)23-17-21(32-18-19-7-3-1-4-8-19)11-12-22(23)25(30)28-15-13-27(14-16-28)20-9-5-2-6-10-20/h1-10,21-23,31H,11-18H2,(H,26,29)/t21?,22-,23-/m0/s1. The Kier molecular flexibility index (Phi) is 7.39. The first-order valence-corrected chi connectivity index (χ1v) is 11.3. The molecule has 1 aliphatic carbocycles. The molecule has 170 valence electrons. The van der Waals surface area contributed by atoms with E-state index < -0.39 is 17.7 Å². The van der Waals surface area contributed by atoms with Crippen LogP contribution in [0.25, 0.3) is 0 Å². The molecule has 32 heavy (non-hydrogen) atoms. The summed E-state index contributed by atoms with van der Waals surface area (Å²) in [7, 11) is 0. The molecule has 1 saturated heterocycles. The predicted octanol–water partition coefficient (Wildman–Crippen LogP) is 2.84. The van der Waals surface area contributed by atoms with E-state index in [0.29, 0.717) is 32.5 Å². The molecule has 1 unspecified atom stereocenters. The summed E-state index contributed by atoms with van der Waals surface area (Å²) >= 11 is 0. The molecule has 2 aliphatic rings. The van der Waals surface area contributed by atoms with Gasteiger partial charge in [-0.25, -0.2) is 5.48 Å². The number of hydrogen-bond donors (Lipinski definition) is 2. The second kappa shape index (κ2) is 10.6. The van der Waals surface area contributed by atoms with Crippen LogP contribution in [0.3, 0.4) is 0 Å². The van der Waals surface area contributed by atoms with Crippen LogP contribution in [0.4, 0.5) is 5.69 Å². The number of hydroxylamine groups is 1. The molecule has 1 heterocycles. The van der Waals surface area contributed by atoms with Crippen molar-refractivity contribution in [3.8, 4) is 0 Å². The summed E-state index contributed by atoms with van der Waals surface area (Å²) in [5.74, 6) is -1.51. The zero-order valence-electron chi connectivity index (χ0n) is 18.2. The molecule has 7 nitrogen and oxygen atoms in total. The fourth-order valence-electron chi connectivity index (χ4n) is 4.80. The average molecular weight is 438 g/mol. The first-order chi connectivity index (χ1) is 15.7. The minimum Gasteiger partial charge on any atom is -0.374 e. The molecule has 2 N–H and O–H groups in total. The van der Waals surface area contributed by atoms with Gasteiger partial charge in [-0.1, -0.05) is 48.5 Å². The lowest BCUT2D eigenvalue weighted by Gasteiger charge is -2.40. The van der Waals surface area contributed by atoms with Crippen LogP contribution >= 0.6 is 0 Å². The van der Waals surface area contributed by atoms with Crippen LogP contribution in [0.1, 0.15) is 24.8 Å². The van der Waals surface area contributed by atoms with Gasteiger partial charge in [0.15, 0.2) is 0 Å². The number of piperazine rings is 1. The Morgan fingerprint density at radius 2 is 1.56 bits per heavy atom. The van der Waals surface area contributed by atoms with E-state index >= 15 is 0 Å². The molecule has 7 heteroatoms. The molecule has 4 rings (SSSR count). The number of carbonyl (C=O) groups is 2. The number of nitrogens with one attached hydrogen (secondary N) is 1. The van der Waals surface area contributed by atoms with E-state index in [1.54, 1.807) is 5.48 Å².